The van der Waals surface area contributed by atoms with Gasteiger partial charge >= 0.3 is 0 Å². The Morgan fingerprint density at radius 2 is 1.65 bits per heavy atom. The van der Waals surface area contributed by atoms with Crippen LogP contribution in [0.3, 0.4) is 0 Å². The zero-order chi connectivity index (χ0) is 14.0. The van der Waals surface area contributed by atoms with Crippen molar-refractivity contribution in [2.24, 2.45) is 0 Å². The first-order chi connectivity index (χ1) is 9.67. The first-order valence-electron chi connectivity index (χ1n) is 7.49. The molecule has 4 nitrogen and oxygen atoms in total. The van der Waals surface area contributed by atoms with Crippen molar-refractivity contribution in [3.63, 3.8) is 0 Å². The maximum atomic E-state index is 5.77. The summed E-state index contributed by atoms with van der Waals surface area (Å²) in [5.74, 6) is -0.257. The standard InChI is InChI=1S/C16H24N2O2/c1-18(2)15-5-3-13(4-6-15)17-14-7-9-16(10-8-14)19-11-12-20-16/h3-6,14,17H,7-12H2,1-2H3. The smallest absolute Gasteiger partial charge is 0.168 e. The molecule has 0 bridgehead atoms. The molecule has 0 aromatic heterocycles. The zero-order valence-corrected chi connectivity index (χ0v) is 12.4. The third-order valence-electron chi connectivity index (χ3n) is 4.32. The van der Waals surface area contributed by atoms with Crippen LogP contribution >= 0.6 is 0 Å². The van der Waals surface area contributed by atoms with Crippen molar-refractivity contribution >= 4 is 11.4 Å². The second-order valence-electron chi connectivity index (χ2n) is 5.97. The first-order valence-corrected chi connectivity index (χ1v) is 7.49. The molecule has 1 aliphatic heterocycles. The van der Waals surface area contributed by atoms with Crippen molar-refractivity contribution in [3.8, 4) is 0 Å². The van der Waals surface area contributed by atoms with Crippen LogP contribution in [0.5, 0.6) is 0 Å². The van der Waals surface area contributed by atoms with Crippen LogP contribution in [-0.4, -0.2) is 39.1 Å². The highest BCUT2D eigenvalue weighted by molar-refractivity contribution is 5.54. The largest absolute Gasteiger partial charge is 0.382 e. The number of nitrogens with zero attached hydrogens (tertiary/aromatic N) is 1. The Morgan fingerprint density at radius 3 is 2.20 bits per heavy atom. The maximum Gasteiger partial charge on any atom is 0.168 e. The summed E-state index contributed by atoms with van der Waals surface area (Å²) in [7, 11) is 4.12. The lowest BCUT2D eigenvalue weighted by Crippen LogP contribution is -2.39. The van der Waals surface area contributed by atoms with Gasteiger partial charge in [-0.15, -0.1) is 0 Å². The Kier molecular flexibility index (Phi) is 3.85. The van der Waals surface area contributed by atoms with Crippen LogP contribution in [0.1, 0.15) is 25.7 Å². The van der Waals surface area contributed by atoms with Gasteiger partial charge in [0.25, 0.3) is 0 Å². The van der Waals surface area contributed by atoms with E-state index in [0.29, 0.717) is 6.04 Å². The van der Waals surface area contributed by atoms with Gasteiger partial charge in [0.2, 0.25) is 0 Å². The molecule has 2 aliphatic rings. The van der Waals surface area contributed by atoms with Crippen LogP contribution in [0, 0.1) is 0 Å². The molecule has 3 rings (SSSR count). The Labute approximate surface area is 121 Å². The van der Waals surface area contributed by atoms with Crippen molar-refractivity contribution in [2.75, 3.05) is 37.5 Å². The van der Waals surface area contributed by atoms with Gasteiger partial charge in [-0.25, -0.2) is 0 Å². The molecule has 0 amide bonds. The minimum Gasteiger partial charge on any atom is -0.382 e. The van der Waals surface area contributed by atoms with Gasteiger partial charge in [-0.05, 0) is 37.1 Å². The van der Waals surface area contributed by atoms with Gasteiger partial charge in [-0.3, -0.25) is 0 Å². The lowest BCUT2D eigenvalue weighted by atomic mass is 9.90. The van der Waals surface area contributed by atoms with E-state index in [2.05, 4.69) is 48.6 Å². The van der Waals surface area contributed by atoms with E-state index >= 15 is 0 Å². The van der Waals surface area contributed by atoms with Gasteiger partial charge in [0.05, 0.1) is 13.2 Å². The molecule has 1 saturated carbocycles. The average molecular weight is 276 g/mol. The normalized spacial score (nSPS) is 22.1. The van der Waals surface area contributed by atoms with Gasteiger partial charge in [-0.1, -0.05) is 0 Å². The van der Waals surface area contributed by atoms with Crippen molar-refractivity contribution in [2.45, 2.75) is 37.5 Å². The molecule has 20 heavy (non-hydrogen) atoms. The lowest BCUT2D eigenvalue weighted by molar-refractivity contribution is -0.177. The average Bonchev–Trinajstić information content (AvgIpc) is 2.91. The van der Waals surface area contributed by atoms with E-state index < -0.39 is 0 Å². The first kappa shape index (κ1) is 13.7. The van der Waals surface area contributed by atoms with Gasteiger partial charge in [0, 0.05) is 44.4 Å². The molecule has 4 heteroatoms. The number of ether oxygens (including phenoxy) is 2. The molecule has 1 heterocycles. The summed E-state index contributed by atoms with van der Waals surface area (Å²) in [4.78, 5) is 2.11. The van der Waals surface area contributed by atoms with Gasteiger partial charge in [0.15, 0.2) is 5.79 Å². The lowest BCUT2D eigenvalue weighted by Gasteiger charge is -2.36. The van der Waals surface area contributed by atoms with Crippen molar-refractivity contribution in [3.05, 3.63) is 24.3 Å². The molecule has 0 unspecified atom stereocenters. The molecule has 1 saturated heterocycles. The van der Waals surface area contributed by atoms with E-state index in [0.717, 1.165) is 38.9 Å². The highest BCUT2D eigenvalue weighted by Gasteiger charge is 2.40. The van der Waals surface area contributed by atoms with Crippen LogP contribution in [0.2, 0.25) is 0 Å². The summed E-state index contributed by atoms with van der Waals surface area (Å²) in [5, 5.41) is 3.62. The minimum atomic E-state index is -0.257. The number of nitrogens with one attached hydrogen (secondary N) is 1. The van der Waals surface area contributed by atoms with Crippen LogP contribution in [-0.2, 0) is 9.47 Å². The molecule has 1 N–H and O–H groups in total. The Morgan fingerprint density at radius 1 is 1.05 bits per heavy atom. The summed E-state index contributed by atoms with van der Waals surface area (Å²) in [6.45, 7) is 1.51. The van der Waals surface area contributed by atoms with Crippen LogP contribution < -0.4 is 10.2 Å². The van der Waals surface area contributed by atoms with Crippen LogP contribution in [0.4, 0.5) is 11.4 Å². The topological polar surface area (TPSA) is 33.7 Å². The van der Waals surface area contributed by atoms with E-state index in [1.165, 1.54) is 11.4 Å². The molecule has 2 fully saturated rings. The molecule has 1 aromatic rings. The summed E-state index contributed by atoms with van der Waals surface area (Å²) < 4.78 is 11.5. The highest BCUT2D eigenvalue weighted by Crippen LogP contribution is 2.36. The summed E-state index contributed by atoms with van der Waals surface area (Å²) in [6.07, 6.45) is 4.21. The predicted molar refractivity (Wildman–Crippen MR) is 81.3 cm³/mol. The molecule has 1 aliphatic carbocycles. The summed E-state index contributed by atoms with van der Waals surface area (Å²) in [5.41, 5.74) is 2.43. The van der Waals surface area contributed by atoms with E-state index in [9.17, 15) is 0 Å². The minimum absolute atomic E-state index is 0.257. The number of benzene rings is 1. The fraction of sp³-hybridized carbons (Fsp3) is 0.625. The second-order valence-corrected chi connectivity index (χ2v) is 5.97. The van der Waals surface area contributed by atoms with Crippen molar-refractivity contribution in [1.82, 2.24) is 0 Å². The number of hydrogen-bond donors (Lipinski definition) is 1. The summed E-state index contributed by atoms with van der Waals surface area (Å²) >= 11 is 0. The molecular weight excluding hydrogens is 252 g/mol. The fourth-order valence-corrected chi connectivity index (χ4v) is 3.08. The number of hydrogen-bond acceptors (Lipinski definition) is 4. The number of anilines is 2. The highest BCUT2D eigenvalue weighted by atomic mass is 16.7. The van der Waals surface area contributed by atoms with Crippen molar-refractivity contribution < 1.29 is 9.47 Å². The number of rotatable bonds is 3. The van der Waals surface area contributed by atoms with E-state index in [1.54, 1.807) is 0 Å². The SMILES string of the molecule is CN(C)c1ccc(NC2CCC3(CC2)OCCO3)cc1. The quantitative estimate of drug-likeness (QED) is 0.920. The fourth-order valence-electron chi connectivity index (χ4n) is 3.08. The van der Waals surface area contributed by atoms with Gasteiger partial charge in [0.1, 0.15) is 0 Å². The Bertz CT molecular complexity index is 428. The third-order valence-corrected chi connectivity index (χ3v) is 4.32. The Balaban J connectivity index is 1.54. The predicted octanol–water partition coefficient (Wildman–Crippen LogP) is 2.85. The Hall–Kier alpha value is -1.26. The zero-order valence-electron chi connectivity index (χ0n) is 12.4. The molecule has 1 aromatic carbocycles. The second kappa shape index (κ2) is 5.62. The maximum absolute atomic E-state index is 5.77. The van der Waals surface area contributed by atoms with E-state index in [4.69, 9.17) is 9.47 Å². The molecule has 110 valence electrons. The van der Waals surface area contributed by atoms with Gasteiger partial charge < -0.3 is 19.7 Å². The molecular formula is C16H24N2O2. The summed E-state index contributed by atoms with van der Waals surface area (Å²) in [6, 6.07) is 9.13. The molecule has 0 radical (unpaired) electrons. The van der Waals surface area contributed by atoms with E-state index in [1.807, 2.05) is 0 Å². The van der Waals surface area contributed by atoms with Crippen LogP contribution in [0.15, 0.2) is 24.3 Å². The van der Waals surface area contributed by atoms with Gasteiger partial charge in [-0.2, -0.15) is 0 Å². The third kappa shape index (κ3) is 2.91. The monoisotopic (exact) mass is 276 g/mol. The van der Waals surface area contributed by atoms with Crippen molar-refractivity contribution in [1.29, 1.82) is 0 Å². The molecule has 0 atom stereocenters. The van der Waals surface area contributed by atoms with E-state index in [-0.39, 0.29) is 5.79 Å². The molecule has 1 spiro atoms. The van der Waals surface area contributed by atoms with Crippen LogP contribution in [0.25, 0.3) is 0 Å².